The van der Waals surface area contributed by atoms with E-state index in [0.717, 1.165) is 25.3 Å². The molecule has 1 aromatic carbocycles. The SMILES string of the molecule is CC.CC/C(=C\C=C(/C)C(=O)Oc1ccc(C#N)c(F)c1)CCCC(C)C. The van der Waals surface area contributed by atoms with Crippen LogP contribution in [-0.4, -0.2) is 5.97 Å². The Labute approximate surface area is 163 Å². The fourth-order valence-electron chi connectivity index (χ4n) is 2.26. The normalized spacial score (nSPS) is 11.5. The smallest absolute Gasteiger partial charge is 0.339 e. The molecule has 0 aliphatic heterocycles. The summed E-state index contributed by atoms with van der Waals surface area (Å²) in [4.78, 5) is 12.1. The number of hydrogen-bond donors (Lipinski definition) is 0. The second-order valence-electron chi connectivity index (χ2n) is 6.46. The maximum absolute atomic E-state index is 13.5. The van der Waals surface area contributed by atoms with E-state index in [1.807, 2.05) is 19.9 Å². The molecular weight excluding hydrogens is 341 g/mol. The number of nitrogens with zero attached hydrogens (tertiary/aromatic N) is 1. The van der Waals surface area contributed by atoms with E-state index in [1.165, 1.54) is 24.1 Å². The predicted octanol–water partition coefficient (Wildman–Crippen LogP) is 6.74. The van der Waals surface area contributed by atoms with E-state index in [1.54, 1.807) is 19.1 Å². The molecule has 0 heterocycles. The minimum atomic E-state index is -0.701. The monoisotopic (exact) mass is 373 g/mol. The van der Waals surface area contributed by atoms with Crippen molar-refractivity contribution in [3.63, 3.8) is 0 Å². The first kappa shape index (κ1) is 24.6. The van der Waals surface area contributed by atoms with E-state index in [-0.39, 0.29) is 11.3 Å². The van der Waals surface area contributed by atoms with Gasteiger partial charge in [-0.15, -0.1) is 0 Å². The Balaban J connectivity index is 0.00000326. The number of halogens is 1. The number of esters is 1. The van der Waals surface area contributed by atoms with E-state index in [0.29, 0.717) is 11.5 Å². The molecule has 0 aromatic heterocycles. The minimum absolute atomic E-state index is 0.0796. The van der Waals surface area contributed by atoms with Crippen LogP contribution in [0, 0.1) is 23.1 Å². The molecule has 3 nitrogen and oxygen atoms in total. The van der Waals surface area contributed by atoms with Crippen LogP contribution in [0.25, 0.3) is 0 Å². The molecule has 148 valence electrons. The zero-order valence-electron chi connectivity index (χ0n) is 17.4. The number of nitriles is 1. The average molecular weight is 374 g/mol. The van der Waals surface area contributed by atoms with Crippen molar-refractivity contribution in [1.29, 1.82) is 5.26 Å². The van der Waals surface area contributed by atoms with Gasteiger partial charge in [-0.3, -0.25) is 0 Å². The van der Waals surface area contributed by atoms with E-state index in [4.69, 9.17) is 10.00 Å². The summed E-state index contributed by atoms with van der Waals surface area (Å²) in [6.07, 6.45) is 8.00. The summed E-state index contributed by atoms with van der Waals surface area (Å²) in [5.41, 5.74) is 1.65. The second kappa shape index (κ2) is 13.7. The standard InChI is InChI=1S/C21H26FNO2.C2H6/c1-5-17(8-6-7-15(2)3)10-9-16(4)21(24)25-19-12-11-18(14-23)20(22)13-19;1-2/h9-13,15H,5-8H2,1-4H3;1-2H3/b16-9+,17-10+;. The number of benzene rings is 1. The molecule has 0 radical (unpaired) electrons. The third-order valence-corrected chi connectivity index (χ3v) is 3.90. The Hall–Kier alpha value is -2.41. The quantitative estimate of drug-likeness (QED) is 0.219. The lowest BCUT2D eigenvalue weighted by Crippen LogP contribution is -2.09. The number of rotatable bonds is 8. The molecular formula is C23H32FNO2. The third-order valence-electron chi connectivity index (χ3n) is 3.90. The summed E-state index contributed by atoms with van der Waals surface area (Å²) in [5.74, 6) is -0.449. The van der Waals surface area contributed by atoms with Gasteiger partial charge in [0.1, 0.15) is 17.6 Å². The van der Waals surface area contributed by atoms with Crippen LogP contribution in [0.15, 0.2) is 41.5 Å². The molecule has 0 fully saturated rings. The fourth-order valence-corrected chi connectivity index (χ4v) is 2.26. The van der Waals surface area contributed by atoms with Crippen LogP contribution in [0.4, 0.5) is 4.39 Å². The summed E-state index contributed by atoms with van der Waals surface area (Å²) in [6.45, 7) is 12.2. The van der Waals surface area contributed by atoms with Gasteiger partial charge in [-0.25, -0.2) is 9.18 Å². The largest absolute Gasteiger partial charge is 0.423 e. The highest BCUT2D eigenvalue weighted by atomic mass is 19.1. The van der Waals surface area contributed by atoms with Crippen LogP contribution in [0.2, 0.25) is 0 Å². The minimum Gasteiger partial charge on any atom is -0.423 e. The summed E-state index contributed by atoms with van der Waals surface area (Å²) >= 11 is 0. The maximum atomic E-state index is 13.5. The first-order valence-corrected chi connectivity index (χ1v) is 9.65. The van der Waals surface area contributed by atoms with Crippen molar-refractivity contribution in [2.45, 2.75) is 67.2 Å². The molecule has 0 aliphatic carbocycles. The number of allylic oxidation sites excluding steroid dienone is 3. The molecule has 0 atom stereocenters. The number of ether oxygens (including phenoxy) is 1. The van der Waals surface area contributed by atoms with Gasteiger partial charge in [0.15, 0.2) is 0 Å². The molecule has 0 aliphatic rings. The van der Waals surface area contributed by atoms with Crippen molar-refractivity contribution < 1.29 is 13.9 Å². The van der Waals surface area contributed by atoms with Gasteiger partial charge in [-0.05, 0) is 44.2 Å². The topological polar surface area (TPSA) is 50.1 Å². The molecule has 0 N–H and O–H groups in total. The fraction of sp³-hybridized carbons (Fsp3) is 0.478. The summed E-state index contributed by atoms with van der Waals surface area (Å²) in [7, 11) is 0. The molecule has 0 spiro atoms. The summed E-state index contributed by atoms with van der Waals surface area (Å²) < 4.78 is 18.7. The molecule has 1 rings (SSSR count). The lowest BCUT2D eigenvalue weighted by molar-refractivity contribution is -0.130. The lowest BCUT2D eigenvalue weighted by Gasteiger charge is -2.07. The van der Waals surface area contributed by atoms with Gasteiger partial charge in [0.2, 0.25) is 0 Å². The lowest BCUT2D eigenvalue weighted by atomic mass is 10.0. The number of carbonyl (C=O) groups excluding carboxylic acids is 1. The van der Waals surface area contributed by atoms with Crippen molar-refractivity contribution >= 4 is 5.97 Å². The van der Waals surface area contributed by atoms with Crippen LogP contribution in [0.3, 0.4) is 0 Å². The highest BCUT2D eigenvalue weighted by molar-refractivity contribution is 5.89. The molecule has 0 unspecified atom stereocenters. The van der Waals surface area contributed by atoms with E-state index in [2.05, 4.69) is 20.8 Å². The number of hydrogen-bond acceptors (Lipinski definition) is 3. The summed E-state index contributed by atoms with van der Waals surface area (Å²) in [6, 6.07) is 5.47. The van der Waals surface area contributed by atoms with Crippen LogP contribution in [0.1, 0.15) is 72.8 Å². The third kappa shape index (κ3) is 9.75. The molecule has 4 heteroatoms. The van der Waals surface area contributed by atoms with Crippen molar-refractivity contribution in [1.82, 2.24) is 0 Å². The van der Waals surface area contributed by atoms with Crippen molar-refractivity contribution in [3.05, 3.63) is 52.9 Å². The van der Waals surface area contributed by atoms with Gasteiger partial charge in [0, 0.05) is 11.6 Å². The predicted molar refractivity (Wildman–Crippen MR) is 109 cm³/mol. The first-order valence-electron chi connectivity index (χ1n) is 9.65. The molecule has 0 saturated carbocycles. The Morgan fingerprint density at radius 2 is 1.96 bits per heavy atom. The van der Waals surface area contributed by atoms with Gasteiger partial charge in [0.25, 0.3) is 0 Å². The number of carbonyl (C=O) groups is 1. The van der Waals surface area contributed by atoms with Crippen molar-refractivity contribution in [2.24, 2.45) is 5.92 Å². The van der Waals surface area contributed by atoms with Crippen LogP contribution in [0.5, 0.6) is 5.75 Å². The van der Waals surface area contributed by atoms with Gasteiger partial charge < -0.3 is 4.74 Å². The van der Waals surface area contributed by atoms with Crippen LogP contribution < -0.4 is 4.74 Å². The van der Waals surface area contributed by atoms with Crippen LogP contribution >= 0.6 is 0 Å². The molecule has 0 bridgehead atoms. The highest BCUT2D eigenvalue weighted by Crippen LogP contribution is 2.18. The Morgan fingerprint density at radius 1 is 1.30 bits per heavy atom. The van der Waals surface area contributed by atoms with E-state index in [9.17, 15) is 9.18 Å². The zero-order valence-corrected chi connectivity index (χ0v) is 17.4. The van der Waals surface area contributed by atoms with Gasteiger partial charge in [0.05, 0.1) is 5.56 Å². The Bertz CT molecular complexity index is 697. The molecule has 0 amide bonds. The van der Waals surface area contributed by atoms with Gasteiger partial charge in [-0.1, -0.05) is 58.8 Å². The highest BCUT2D eigenvalue weighted by Gasteiger charge is 2.09. The van der Waals surface area contributed by atoms with Crippen molar-refractivity contribution in [3.8, 4) is 11.8 Å². The zero-order chi connectivity index (χ0) is 20.8. The first-order chi connectivity index (χ1) is 12.9. The maximum Gasteiger partial charge on any atom is 0.339 e. The average Bonchev–Trinajstić information content (AvgIpc) is 2.65. The van der Waals surface area contributed by atoms with E-state index >= 15 is 0 Å². The Morgan fingerprint density at radius 3 is 2.48 bits per heavy atom. The van der Waals surface area contributed by atoms with Crippen molar-refractivity contribution in [2.75, 3.05) is 0 Å². The van der Waals surface area contributed by atoms with Crippen LogP contribution in [-0.2, 0) is 4.79 Å². The van der Waals surface area contributed by atoms with Gasteiger partial charge in [-0.2, -0.15) is 5.26 Å². The molecule has 0 saturated heterocycles. The molecule has 1 aromatic rings. The van der Waals surface area contributed by atoms with Gasteiger partial charge >= 0.3 is 5.97 Å². The second-order valence-corrected chi connectivity index (χ2v) is 6.46. The summed E-state index contributed by atoms with van der Waals surface area (Å²) in [5, 5.41) is 8.70. The van der Waals surface area contributed by atoms with E-state index < -0.39 is 11.8 Å². The Kier molecular flexibility index (Phi) is 12.5. The molecule has 27 heavy (non-hydrogen) atoms.